The number of nitrogens with one attached hydrogen (secondary N) is 2. The minimum Gasteiger partial charge on any atom is -1.00 e. The highest BCUT2D eigenvalue weighted by Gasteiger charge is 2.55. The van der Waals surface area contributed by atoms with Crippen molar-refractivity contribution in [1.82, 2.24) is 15.2 Å². The van der Waals surface area contributed by atoms with Gasteiger partial charge in [-0.2, -0.15) is 4.57 Å². The van der Waals surface area contributed by atoms with Crippen molar-refractivity contribution in [3.8, 4) is 11.5 Å². The number of nitrogens with zero attached hydrogens (tertiary/aromatic N) is 4. The Kier molecular flexibility index (Phi) is 30.4. The molecular formula is C94H85IN6O15S3. The number of halogens is 1. The van der Waals surface area contributed by atoms with Crippen LogP contribution < -0.4 is 48.7 Å². The predicted octanol–water partition coefficient (Wildman–Crippen LogP) is 12.7. The Balaban J connectivity index is 0.0000123. The molecule has 12 aromatic rings. The number of β-lactam (4-membered cyclic amide) rings is 1. The quantitative estimate of drug-likeness (QED) is 0.00311. The molecule has 0 spiro atoms. The third kappa shape index (κ3) is 21.4. The van der Waals surface area contributed by atoms with Gasteiger partial charge in [0.25, 0.3) is 11.8 Å². The van der Waals surface area contributed by atoms with Gasteiger partial charge in [0.1, 0.15) is 28.3 Å². The number of methoxy groups -OCH3 is 2. The molecule has 4 heterocycles. The Morgan fingerprint density at radius 1 is 0.546 bits per heavy atom. The minimum absolute atomic E-state index is 0. The van der Waals surface area contributed by atoms with Gasteiger partial charge in [-0.1, -0.05) is 284 Å². The number of anilines is 1. The number of aromatic nitrogens is 2. The summed E-state index contributed by atoms with van der Waals surface area (Å²) in [5.74, 6) is -2.89. The lowest BCUT2D eigenvalue weighted by atomic mass is 9.77. The summed E-state index contributed by atoms with van der Waals surface area (Å²) in [6, 6.07) is 93.2. The van der Waals surface area contributed by atoms with E-state index in [1.807, 2.05) is 285 Å². The Hall–Kier alpha value is -11.8. The van der Waals surface area contributed by atoms with Crippen LogP contribution in [0.5, 0.6) is 11.5 Å². The van der Waals surface area contributed by atoms with Gasteiger partial charge in [-0.25, -0.2) is 19.4 Å². The van der Waals surface area contributed by atoms with Crippen molar-refractivity contribution in [2.45, 2.75) is 52.8 Å². The number of thiazole rings is 1. The van der Waals surface area contributed by atoms with Crippen LogP contribution in [-0.2, 0) is 74.1 Å². The van der Waals surface area contributed by atoms with Crippen molar-refractivity contribution in [2.24, 2.45) is 5.16 Å². The zero-order valence-corrected chi connectivity index (χ0v) is 69.5. The van der Waals surface area contributed by atoms with E-state index >= 15 is 19.2 Å². The molecule has 1 fully saturated rings. The summed E-state index contributed by atoms with van der Waals surface area (Å²) in [5, 5.41) is 12.6. The van der Waals surface area contributed by atoms with Gasteiger partial charge in [0.2, 0.25) is 12.6 Å². The first kappa shape index (κ1) is 85.1. The molecule has 21 nitrogen and oxygen atoms in total. The van der Waals surface area contributed by atoms with E-state index in [4.69, 9.17) is 52.5 Å². The van der Waals surface area contributed by atoms with Crippen molar-refractivity contribution in [3.05, 3.63) is 394 Å². The van der Waals surface area contributed by atoms with Crippen LogP contribution in [0.2, 0.25) is 0 Å². The molecule has 2 unspecified atom stereocenters. The second-order valence-corrected chi connectivity index (χ2v) is 30.2. The fourth-order valence-electron chi connectivity index (χ4n) is 13.7. The molecule has 3 atom stereocenters. The number of amides is 2. The Labute approximate surface area is 719 Å². The topological polar surface area (TPSA) is 234 Å². The molecule has 2 aromatic heterocycles. The molecule has 25 heteroatoms. The maximum absolute atomic E-state index is 16.0. The second-order valence-electron chi connectivity index (χ2n) is 27.2. The van der Waals surface area contributed by atoms with Crippen LogP contribution >= 0.6 is 34.9 Å². The van der Waals surface area contributed by atoms with E-state index in [1.54, 1.807) is 48.7 Å². The number of hydrogen-bond donors (Lipinski definition) is 2. The number of fused-ring (bicyclic) bond motifs is 1. The number of hydrogen-bond acceptors (Lipinski definition) is 21. The lowest BCUT2D eigenvalue weighted by molar-refractivity contribution is -0.686. The first-order valence-corrected chi connectivity index (χ1v) is 41.1. The fourth-order valence-corrected chi connectivity index (χ4v) is 16.8. The molecule has 2 aliphatic rings. The molecule has 0 aliphatic carbocycles. The third-order valence-corrected chi connectivity index (χ3v) is 22.7. The standard InChI is InChI=1S/C94H84N6O15S3.HI/c1-106-54-56-108-63-110-78-49-48-71(58-79(78)111-64-109-57-55-107-2)87(92(105)114-86(69-38-20-7-21-39-69)70-40-22-8-23-41-70)115-98-81(77-62-118-93(95-77)97-94(73-42-24-9-25-43-73,74-44-26-10-27-45-74)75-46-28-11-29-47-75)88(102)96-82-89(103)100-83(91(104)113-85(67-34-16-5-17-35-67)68-36-18-6-19-37-68)72(61-117-90(82)100)60-116-76-50-52-99(53-51-76)59-80(101)112-84(65-30-12-3-13-31-65)66-32-14-4-15-33-66;/h3-53,58,62,82,84-87,90H,54-57,59-61,63-64H2,1-2H3,(H-,95,96,97,102);1H/t82?,87?,90-;/m0./s1. The lowest BCUT2D eigenvalue weighted by Crippen LogP contribution is -3.00. The zero-order valence-electron chi connectivity index (χ0n) is 64.9. The van der Waals surface area contributed by atoms with Gasteiger partial charge in [-0.05, 0) is 67.8 Å². The maximum Gasteiger partial charge on any atom is 0.373 e. The van der Waals surface area contributed by atoms with Crippen LogP contribution in [0.25, 0.3) is 0 Å². The van der Waals surface area contributed by atoms with Gasteiger partial charge in [-0.3, -0.25) is 14.5 Å². The third-order valence-electron chi connectivity index (χ3n) is 19.5. The van der Waals surface area contributed by atoms with Crippen molar-refractivity contribution in [1.29, 1.82) is 0 Å². The van der Waals surface area contributed by atoms with Crippen molar-refractivity contribution in [3.63, 3.8) is 0 Å². The summed E-state index contributed by atoms with van der Waals surface area (Å²) < 4.78 is 55.2. The molecule has 2 N–H and O–H groups in total. The van der Waals surface area contributed by atoms with Gasteiger partial charge in [0, 0.05) is 53.7 Å². The summed E-state index contributed by atoms with van der Waals surface area (Å²) in [6.45, 7) is 0.478. The molecule has 2 aliphatic heterocycles. The van der Waals surface area contributed by atoms with Gasteiger partial charge in [0.15, 0.2) is 66.6 Å². The average molecular weight is 1760 g/mol. The van der Waals surface area contributed by atoms with Crippen molar-refractivity contribution >= 4 is 75.4 Å². The van der Waals surface area contributed by atoms with E-state index in [1.165, 1.54) is 45.8 Å². The predicted molar refractivity (Wildman–Crippen MR) is 450 cm³/mol. The van der Waals surface area contributed by atoms with E-state index < -0.39 is 76.8 Å². The number of benzene rings is 10. The fraction of sp³-hybridized carbons (Fsp3) is 0.191. The summed E-state index contributed by atoms with van der Waals surface area (Å²) in [7, 11) is 3.11. The van der Waals surface area contributed by atoms with E-state index in [0.29, 0.717) is 39.6 Å². The van der Waals surface area contributed by atoms with E-state index in [0.717, 1.165) is 32.7 Å². The Bertz CT molecular complexity index is 5140. The van der Waals surface area contributed by atoms with Crippen LogP contribution in [0, 0.1) is 0 Å². The molecule has 2 amide bonds. The molecule has 14 rings (SSSR count). The van der Waals surface area contributed by atoms with Crippen LogP contribution in [-0.4, -0.2) is 122 Å². The number of pyridine rings is 1. The molecule has 0 saturated carbocycles. The summed E-state index contributed by atoms with van der Waals surface area (Å²) in [4.78, 5) is 90.4. The average Bonchev–Trinajstić information content (AvgIpc) is 0.933. The molecule has 0 radical (unpaired) electrons. The van der Waals surface area contributed by atoms with Crippen LogP contribution in [0.15, 0.2) is 342 Å². The van der Waals surface area contributed by atoms with Gasteiger partial charge >= 0.3 is 17.9 Å². The highest BCUT2D eigenvalue weighted by atomic mass is 127. The van der Waals surface area contributed by atoms with Gasteiger partial charge in [0.05, 0.1) is 26.4 Å². The summed E-state index contributed by atoms with van der Waals surface area (Å²) in [6.07, 6.45) is -0.687. The SMILES string of the molecule is COCCOCOc1ccc(C(ON=C(C(=O)NC2C(=O)N3C(C(=O)OC(c4ccccc4)c4ccccc4)=C(CSc4cc[n+](CC(=O)OC(c5ccccc5)c5ccccc5)cc4)CS[C@@H]23)c2csc(NC(c3ccccc3)(c3ccccc3)c3ccccc3)n2)C(=O)OC(c2ccccc2)c2ccccc2)cc1OCOCCOC.[I-]. The Morgan fingerprint density at radius 3 is 1.46 bits per heavy atom. The monoisotopic (exact) mass is 1760 g/mol. The van der Waals surface area contributed by atoms with Gasteiger partial charge < -0.3 is 82.1 Å². The van der Waals surface area contributed by atoms with Gasteiger partial charge in [-0.15, -0.1) is 34.9 Å². The smallest absolute Gasteiger partial charge is 0.373 e. The zero-order chi connectivity index (χ0) is 81.3. The number of oxime groups is 1. The molecule has 10 aromatic carbocycles. The molecule has 119 heavy (non-hydrogen) atoms. The molecule has 1 saturated heterocycles. The van der Waals surface area contributed by atoms with Crippen LogP contribution in [0.4, 0.5) is 5.13 Å². The van der Waals surface area contributed by atoms with Crippen molar-refractivity contribution < 1.29 is 100.0 Å². The maximum atomic E-state index is 16.0. The highest BCUT2D eigenvalue weighted by molar-refractivity contribution is 8.01. The minimum atomic E-state index is -1.78. The van der Waals surface area contributed by atoms with E-state index in [2.05, 4.69) is 15.8 Å². The first-order chi connectivity index (χ1) is 58.0. The molecular weight excluding hydrogens is 1680 g/mol. The number of thioether (sulfide) groups is 2. The molecule has 606 valence electrons. The lowest BCUT2D eigenvalue weighted by Gasteiger charge is -2.49. The summed E-state index contributed by atoms with van der Waals surface area (Å²) >= 11 is 3.98. The second kappa shape index (κ2) is 42.6. The number of carbonyl (C=O) groups excluding carboxylic acids is 5. The number of ether oxygens (including phenoxy) is 9. The Morgan fingerprint density at radius 2 is 0.992 bits per heavy atom. The first-order valence-electron chi connectivity index (χ1n) is 38.2. The van der Waals surface area contributed by atoms with Crippen LogP contribution in [0.1, 0.15) is 85.7 Å². The van der Waals surface area contributed by atoms with Crippen molar-refractivity contribution in [2.75, 3.05) is 71.1 Å². The summed E-state index contributed by atoms with van der Waals surface area (Å²) in [5.41, 5.74) is 6.21. The number of rotatable bonds is 39. The largest absolute Gasteiger partial charge is 1.00 e. The number of carbonyl (C=O) groups is 5. The van der Waals surface area contributed by atoms with E-state index in [-0.39, 0.29) is 104 Å². The normalized spacial score (nSPS) is 14.1. The van der Waals surface area contributed by atoms with E-state index in [9.17, 15) is 4.79 Å². The number of esters is 3. The highest BCUT2D eigenvalue weighted by Crippen LogP contribution is 2.45. The molecule has 0 bridgehead atoms. The van der Waals surface area contributed by atoms with Crippen LogP contribution in [0.3, 0.4) is 0 Å².